The topological polar surface area (TPSA) is 53.0 Å². The van der Waals surface area contributed by atoms with Gasteiger partial charge in [-0.3, -0.25) is 4.98 Å². The summed E-state index contributed by atoms with van der Waals surface area (Å²) in [6.45, 7) is -2.30. The summed E-state index contributed by atoms with van der Waals surface area (Å²) in [5.41, 5.74) is -0.259. The fourth-order valence-corrected chi connectivity index (χ4v) is 0.515. The molecular weight excluding hydrogens is 130 g/mol. The first-order chi connectivity index (χ1) is 5.91. The molecule has 0 N–H and O–H groups in total. The van der Waals surface area contributed by atoms with Crippen LogP contribution in [0.15, 0.2) is 18.3 Å². The molecule has 0 saturated heterocycles. The summed E-state index contributed by atoms with van der Waals surface area (Å²) in [6.07, 6.45) is 0.969. The Hall–Kier alpha value is -1.38. The largest absolute Gasteiger partial charge is 0.545 e. The number of carbonyl (C=O) groups excluding carboxylic acids is 1. The van der Waals surface area contributed by atoms with Crippen LogP contribution in [0.4, 0.5) is 0 Å². The highest BCUT2D eigenvalue weighted by molar-refractivity contribution is 5.85. The van der Waals surface area contributed by atoms with Crippen molar-refractivity contribution < 1.29 is 14.0 Å². The molecule has 0 radical (unpaired) electrons. The smallest absolute Gasteiger partial charge is 0.0730 e. The molecule has 0 fully saturated rings. The highest BCUT2D eigenvalue weighted by Gasteiger charge is 1.90. The Kier molecular flexibility index (Phi) is 0.917. The fourth-order valence-electron chi connectivity index (χ4n) is 0.515. The first-order valence-electron chi connectivity index (χ1n) is 4.09. The molecule has 0 amide bonds. The lowest BCUT2D eigenvalue weighted by atomic mass is 10.3. The molecule has 1 aromatic rings. The van der Waals surface area contributed by atoms with E-state index in [0.717, 1.165) is 18.3 Å². The molecule has 0 spiro atoms. The molecule has 0 atom stereocenters. The van der Waals surface area contributed by atoms with Crippen LogP contribution in [0.5, 0.6) is 0 Å². The van der Waals surface area contributed by atoms with Gasteiger partial charge in [-0.2, -0.15) is 0 Å². The van der Waals surface area contributed by atoms with Crippen molar-refractivity contribution >= 4 is 5.97 Å². The van der Waals surface area contributed by atoms with Crippen molar-refractivity contribution in [2.75, 3.05) is 0 Å². The molecular formula is C7H6NO2-. The van der Waals surface area contributed by atoms with E-state index in [9.17, 15) is 9.90 Å². The van der Waals surface area contributed by atoms with Gasteiger partial charge in [-0.05, 0) is 19.0 Å². The molecule has 1 rings (SSSR count). The Morgan fingerprint density at radius 1 is 1.80 bits per heavy atom. The Balaban J connectivity index is 3.01. The molecule has 3 heteroatoms. The molecule has 1 aromatic heterocycles. The van der Waals surface area contributed by atoms with E-state index in [0.29, 0.717) is 0 Å². The van der Waals surface area contributed by atoms with Crippen LogP contribution in [-0.2, 0) is 0 Å². The number of pyridine rings is 1. The molecule has 10 heavy (non-hydrogen) atoms. The minimum absolute atomic E-state index is 0.127. The average Bonchev–Trinajstić information content (AvgIpc) is 2.03. The van der Waals surface area contributed by atoms with E-state index in [4.69, 9.17) is 4.11 Å². The second kappa shape index (κ2) is 2.47. The number of aromatic nitrogens is 1. The normalized spacial score (nSPS) is 15.0. The van der Waals surface area contributed by atoms with Crippen LogP contribution in [0.1, 0.15) is 20.2 Å². The van der Waals surface area contributed by atoms with E-state index in [2.05, 4.69) is 4.98 Å². The second-order valence-corrected chi connectivity index (χ2v) is 1.72. The molecule has 0 aromatic carbocycles. The lowest BCUT2D eigenvalue weighted by Gasteiger charge is -1.99. The van der Waals surface area contributed by atoms with Gasteiger partial charge in [0, 0.05) is 21.6 Å². The number of hydrogen-bond acceptors (Lipinski definition) is 3. The van der Waals surface area contributed by atoms with Crippen LogP contribution >= 0.6 is 0 Å². The number of carboxylic acid groups (broad SMARTS) is 1. The summed E-state index contributed by atoms with van der Waals surface area (Å²) in [5.74, 6) is -1.37. The average molecular weight is 139 g/mol. The first kappa shape index (κ1) is 3.71. The Morgan fingerprint density at radius 3 is 3.00 bits per heavy atom. The Bertz CT molecular complexity index is 318. The van der Waals surface area contributed by atoms with Gasteiger partial charge in [0.05, 0.1) is 5.97 Å². The van der Waals surface area contributed by atoms with Crippen LogP contribution in [0, 0.1) is 6.85 Å². The third-order valence-corrected chi connectivity index (χ3v) is 0.999. The van der Waals surface area contributed by atoms with Gasteiger partial charge in [0.2, 0.25) is 0 Å². The number of nitrogens with zero attached hydrogens (tertiary/aromatic N) is 1. The van der Waals surface area contributed by atoms with Gasteiger partial charge < -0.3 is 9.90 Å². The zero-order valence-electron chi connectivity index (χ0n) is 8.00. The third kappa shape index (κ3) is 1.31. The van der Waals surface area contributed by atoms with Crippen molar-refractivity contribution in [1.29, 1.82) is 0 Å². The Morgan fingerprint density at radius 2 is 2.60 bits per heavy atom. The van der Waals surface area contributed by atoms with Gasteiger partial charge in [-0.15, -0.1) is 0 Å². The molecule has 0 aliphatic heterocycles. The third-order valence-electron chi connectivity index (χ3n) is 0.999. The number of carboxylic acids is 1. The van der Waals surface area contributed by atoms with Gasteiger partial charge in [0.15, 0.2) is 0 Å². The van der Waals surface area contributed by atoms with Crippen LogP contribution in [0.3, 0.4) is 0 Å². The summed E-state index contributed by atoms with van der Waals surface area (Å²) >= 11 is 0. The van der Waals surface area contributed by atoms with Crippen LogP contribution in [0.25, 0.3) is 0 Å². The van der Waals surface area contributed by atoms with E-state index < -0.39 is 12.8 Å². The van der Waals surface area contributed by atoms with Crippen LogP contribution in [0.2, 0.25) is 0 Å². The summed E-state index contributed by atoms with van der Waals surface area (Å²) in [4.78, 5) is 13.8. The van der Waals surface area contributed by atoms with Gasteiger partial charge in [0.1, 0.15) is 0 Å². The standard InChI is InChI=1S/C7H7NO2/c1-5-2-3-6(4-8-5)7(9)10/h2-4H,1H3,(H,9,10)/p-1/i1D3. The summed E-state index contributed by atoms with van der Waals surface area (Å²) in [6, 6.07) is 2.31. The number of rotatable bonds is 1. The van der Waals surface area contributed by atoms with Crippen molar-refractivity contribution in [3.05, 3.63) is 29.6 Å². The minimum Gasteiger partial charge on any atom is -0.545 e. The Labute approximate surface area is 62.6 Å². The van der Waals surface area contributed by atoms with E-state index >= 15 is 0 Å². The van der Waals surface area contributed by atoms with Gasteiger partial charge in [-0.25, -0.2) is 0 Å². The number of aryl methyl sites for hydroxylation is 1. The molecule has 0 aliphatic carbocycles. The maximum absolute atomic E-state index is 10.3. The van der Waals surface area contributed by atoms with Crippen molar-refractivity contribution in [2.24, 2.45) is 0 Å². The maximum Gasteiger partial charge on any atom is 0.0730 e. The van der Waals surface area contributed by atoms with E-state index in [1.807, 2.05) is 0 Å². The van der Waals surface area contributed by atoms with Gasteiger partial charge in [0.25, 0.3) is 0 Å². The molecule has 0 saturated carbocycles. The van der Waals surface area contributed by atoms with Gasteiger partial charge >= 0.3 is 0 Å². The first-order valence-corrected chi connectivity index (χ1v) is 2.59. The number of hydrogen-bond donors (Lipinski definition) is 0. The van der Waals surface area contributed by atoms with Crippen LogP contribution in [-0.4, -0.2) is 11.0 Å². The molecule has 0 aliphatic rings. The lowest BCUT2D eigenvalue weighted by molar-refractivity contribution is -0.255. The molecule has 0 bridgehead atoms. The fraction of sp³-hybridized carbons (Fsp3) is 0.143. The van der Waals surface area contributed by atoms with E-state index in [1.54, 1.807) is 0 Å². The predicted octanol–water partition coefficient (Wildman–Crippen LogP) is -0.246. The van der Waals surface area contributed by atoms with Crippen molar-refractivity contribution in [1.82, 2.24) is 4.98 Å². The zero-order chi connectivity index (χ0) is 10.1. The summed E-state index contributed by atoms with van der Waals surface area (Å²) in [5, 5.41) is 10.3. The monoisotopic (exact) mass is 139 g/mol. The quantitative estimate of drug-likeness (QED) is 0.539. The number of carbonyl (C=O) groups is 1. The van der Waals surface area contributed by atoms with Crippen LogP contribution < -0.4 is 5.11 Å². The lowest BCUT2D eigenvalue weighted by Crippen LogP contribution is -2.22. The highest BCUT2D eigenvalue weighted by Crippen LogP contribution is 1.96. The predicted molar refractivity (Wildman–Crippen MR) is 33.3 cm³/mol. The minimum atomic E-state index is -2.30. The number of aromatic carboxylic acids is 1. The van der Waals surface area contributed by atoms with Crippen molar-refractivity contribution in [2.45, 2.75) is 6.85 Å². The maximum atomic E-state index is 10.3. The summed E-state index contributed by atoms with van der Waals surface area (Å²) in [7, 11) is 0. The second-order valence-electron chi connectivity index (χ2n) is 1.72. The molecule has 52 valence electrons. The van der Waals surface area contributed by atoms with E-state index in [1.165, 1.54) is 0 Å². The van der Waals surface area contributed by atoms with E-state index in [-0.39, 0.29) is 11.3 Å². The molecule has 1 heterocycles. The van der Waals surface area contributed by atoms with Crippen molar-refractivity contribution in [3.8, 4) is 0 Å². The van der Waals surface area contributed by atoms with Crippen molar-refractivity contribution in [3.63, 3.8) is 0 Å². The summed E-state index contributed by atoms with van der Waals surface area (Å²) < 4.78 is 20.9. The molecule has 0 unspecified atom stereocenters. The van der Waals surface area contributed by atoms with Gasteiger partial charge in [-0.1, -0.05) is 0 Å². The SMILES string of the molecule is [2H]C([2H])([2H])c1ccc(C(=O)[O-])cn1. The molecule has 3 nitrogen and oxygen atoms in total. The highest BCUT2D eigenvalue weighted by atomic mass is 16.4. The zero-order valence-corrected chi connectivity index (χ0v) is 5.00.